The summed E-state index contributed by atoms with van der Waals surface area (Å²) in [5.41, 5.74) is 0.323. The van der Waals surface area contributed by atoms with E-state index in [0.29, 0.717) is 27.4 Å². The number of carbonyl (C=O) groups is 1. The van der Waals surface area contributed by atoms with Crippen molar-refractivity contribution in [1.29, 1.82) is 0 Å². The standard InChI is InChI=1S/C18H15ClN2O4/c1-3-25-18(23)16-20-13-7-5-4-6-12(13)17(22)21(16)14-10-11(19)8-9-15(14)24-2/h4-10H,3H2,1-2H3. The quantitative estimate of drug-likeness (QED) is 0.670. The number of aromatic nitrogens is 2. The van der Waals surface area contributed by atoms with Crippen LogP contribution in [0.2, 0.25) is 5.02 Å². The highest BCUT2D eigenvalue weighted by atomic mass is 35.5. The van der Waals surface area contributed by atoms with E-state index in [9.17, 15) is 9.59 Å². The van der Waals surface area contributed by atoms with Crippen molar-refractivity contribution >= 4 is 28.5 Å². The van der Waals surface area contributed by atoms with E-state index in [1.807, 2.05) is 0 Å². The molecule has 2 aromatic carbocycles. The Balaban J connectivity index is 2.42. The predicted octanol–water partition coefficient (Wildman–Crippen LogP) is 3.22. The fourth-order valence-electron chi connectivity index (χ4n) is 2.53. The van der Waals surface area contributed by atoms with Gasteiger partial charge in [-0.1, -0.05) is 23.7 Å². The third-order valence-electron chi connectivity index (χ3n) is 3.62. The highest BCUT2D eigenvalue weighted by Gasteiger charge is 2.22. The Bertz CT molecular complexity index is 1010. The summed E-state index contributed by atoms with van der Waals surface area (Å²) in [5, 5.41) is 0.767. The molecule has 0 aliphatic heterocycles. The number of rotatable bonds is 4. The van der Waals surface area contributed by atoms with Crippen LogP contribution in [-0.4, -0.2) is 29.2 Å². The molecule has 0 saturated heterocycles. The first-order valence-corrected chi connectivity index (χ1v) is 7.97. The van der Waals surface area contributed by atoms with E-state index in [2.05, 4.69) is 4.98 Å². The van der Waals surface area contributed by atoms with Crippen molar-refractivity contribution in [1.82, 2.24) is 9.55 Å². The van der Waals surface area contributed by atoms with Gasteiger partial charge in [-0.15, -0.1) is 0 Å². The molecule has 3 rings (SSSR count). The molecule has 25 heavy (non-hydrogen) atoms. The van der Waals surface area contributed by atoms with Crippen LogP contribution in [0.5, 0.6) is 5.75 Å². The lowest BCUT2D eigenvalue weighted by Crippen LogP contribution is -2.28. The van der Waals surface area contributed by atoms with Gasteiger partial charge in [0.15, 0.2) is 0 Å². The van der Waals surface area contributed by atoms with E-state index >= 15 is 0 Å². The molecule has 0 spiro atoms. The fourth-order valence-corrected chi connectivity index (χ4v) is 2.69. The van der Waals surface area contributed by atoms with Gasteiger partial charge < -0.3 is 9.47 Å². The molecule has 0 aliphatic carbocycles. The van der Waals surface area contributed by atoms with Crippen molar-refractivity contribution < 1.29 is 14.3 Å². The summed E-state index contributed by atoms with van der Waals surface area (Å²) >= 11 is 6.08. The fraction of sp³-hybridized carbons (Fsp3) is 0.167. The minimum atomic E-state index is -0.701. The van der Waals surface area contributed by atoms with Crippen LogP contribution in [0, 0.1) is 0 Å². The highest BCUT2D eigenvalue weighted by molar-refractivity contribution is 6.30. The lowest BCUT2D eigenvalue weighted by molar-refractivity contribution is 0.0508. The Morgan fingerprint density at radius 3 is 2.72 bits per heavy atom. The van der Waals surface area contributed by atoms with Gasteiger partial charge in [-0.05, 0) is 37.3 Å². The van der Waals surface area contributed by atoms with Gasteiger partial charge in [0, 0.05) is 5.02 Å². The monoisotopic (exact) mass is 358 g/mol. The smallest absolute Gasteiger partial charge is 0.375 e. The molecule has 0 atom stereocenters. The summed E-state index contributed by atoms with van der Waals surface area (Å²) in [7, 11) is 1.47. The number of nitrogens with zero attached hydrogens (tertiary/aromatic N) is 2. The van der Waals surface area contributed by atoms with Crippen LogP contribution in [0.25, 0.3) is 16.6 Å². The third-order valence-corrected chi connectivity index (χ3v) is 3.85. The molecule has 0 aliphatic rings. The van der Waals surface area contributed by atoms with E-state index < -0.39 is 11.5 Å². The Kier molecular flexibility index (Phi) is 4.72. The van der Waals surface area contributed by atoms with Crippen molar-refractivity contribution in [2.45, 2.75) is 6.92 Å². The molecule has 0 fully saturated rings. The van der Waals surface area contributed by atoms with E-state index in [1.54, 1.807) is 49.4 Å². The maximum Gasteiger partial charge on any atom is 0.375 e. The molecule has 0 N–H and O–H groups in total. The zero-order valence-electron chi connectivity index (χ0n) is 13.7. The summed E-state index contributed by atoms with van der Waals surface area (Å²) in [6, 6.07) is 11.6. The Morgan fingerprint density at radius 2 is 2.00 bits per heavy atom. The minimum Gasteiger partial charge on any atom is -0.495 e. The number of benzene rings is 2. The van der Waals surface area contributed by atoms with Gasteiger partial charge in [-0.25, -0.2) is 9.78 Å². The Hall–Kier alpha value is -2.86. The van der Waals surface area contributed by atoms with Crippen molar-refractivity contribution in [2.24, 2.45) is 0 Å². The van der Waals surface area contributed by atoms with Gasteiger partial charge in [0.25, 0.3) is 5.56 Å². The summed E-state index contributed by atoms with van der Waals surface area (Å²) < 4.78 is 11.6. The molecule has 1 aromatic heterocycles. The Labute approximate surface area is 148 Å². The maximum atomic E-state index is 13.1. The molecule has 128 valence electrons. The third kappa shape index (κ3) is 3.08. The second-order valence-corrected chi connectivity index (χ2v) is 5.57. The maximum absolute atomic E-state index is 13.1. The number of hydrogen-bond donors (Lipinski definition) is 0. The van der Waals surface area contributed by atoms with Crippen LogP contribution in [0.4, 0.5) is 0 Å². The normalized spacial score (nSPS) is 10.7. The minimum absolute atomic E-state index is 0.133. The van der Waals surface area contributed by atoms with Crippen molar-refractivity contribution in [3.8, 4) is 11.4 Å². The van der Waals surface area contributed by atoms with Crippen molar-refractivity contribution in [3.05, 3.63) is 63.7 Å². The number of fused-ring (bicyclic) bond motifs is 1. The van der Waals surface area contributed by atoms with Crippen LogP contribution in [0.1, 0.15) is 17.5 Å². The first-order chi connectivity index (χ1) is 12.1. The molecule has 1 heterocycles. The molecule has 3 aromatic rings. The van der Waals surface area contributed by atoms with Gasteiger partial charge in [0.05, 0.1) is 30.3 Å². The van der Waals surface area contributed by atoms with Gasteiger partial charge >= 0.3 is 5.97 Å². The van der Waals surface area contributed by atoms with E-state index in [0.717, 1.165) is 0 Å². The first-order valence-electron chi connectivity index (χ1n) is 7.59. The average Bonchev–Trinajstić information content (AvgIpc) is 2.62. The van der Waals surface area contributed by atoms with E-state index in [1.165, 1.54) is 11.7 Å². The van der Waals surface area contributed by atoms with Gasteiger partial charge in [-0.2, -0.15) is 0 Å². The first kappa shape index (κ1) is 17.0. The number of ether oxygens (including phenoxy) is 2. The molecular formula is C18H15ClN2O4. The number of carbonyl (C=O) groups excluding carboxylic acids is 1. The summed E-state index contributed by atoms with van der Waals surface area (Å²) in [5.74, 6) is -0.451. The lowest BCUT2D eigenvalue weighted by atomic mass is 10.2. The number of para-hydroxylation sites is 1. The van der Waals surface area contributed by atoms with Gasteiger partial charge in [0.1, 0.15) is 5.75 Å². The molecular weight excluding hydrogens is 344 g/mol. The second kappa shape index (κ2) is 6.94. The van der Waals surface area contributed by atoms with Crippen molar-refractivity contribution in [3.63, 3.8) is 0 Å². The molecule has 0 radical (unpaired) electrons. The van der Waals surface area contributed by atoms with Crippen LogP contribution in [0.3, 0.4) is 0 Å². The van der Waals surface area contributed by atoms with Crippen LogP contribution in [0.15, 0.2) is 47.3 Å². The van der Waals surface area contributed by atoms with Crippen LogP contribution in [-0.2, 0) is 4.74 Å². The van der Waals surface area contributed by atoms with E-state index in [-0.39, 0.29) is 12.4 Å². The topological polar surface area (TPSA) is 70.4 Å². The number of hydrogen-bond acceptors (Lipinski definition) is 5. The molecule has 0 unspecified atom stereocenters. The van der Waals surface area contributed by atoms with Crippen LogP contribution >= 0.6 is 11.6 Å². The molecule has 7 heteroatoms. The largest absolute Gasteiger partial charge is 0.495 e. The summed E-state index contributed by atoms with van der Waals surface area (Å²) in [6.45, 7) is 1.84. The zero-order valence-corrected chi connectivity index (χ0v) is 14.4. The molecule has 0 bridgehead atoms. The molecule has 0 saturated carbocycles. The average molecular weight is 359 g/mol. The summed E-state index contributed by atoms with van der Waals surface area (Å²) in [4.78, 5) is 29.8. The second-order valence-electron chi connectivity index (χ2n) is 5.13. The lowest BCUT2D eigenvalue weighted by Gasteiger charge is -2.15. The number of halogens is 1. The zero-order chi connectivity index (χ0) is 18.0. The highest BCUT2D eigenvalue weighted by Crippen LogP contribution is 2.27. The Morgan fingerprint density at radius 1 is 1.24 bits per heavy atom. The number of esters is 1. The molecule has 6 nitrogen and oxygen atoms in total. The van der Waals surface area contributed by atoms with E-state index in [4.69, 9.17) is 21.1 Å². The van der Waals surface area contributed by atoms with Gasteiger partial charge in [0.2, 0.25) is 5.82 Å². The SMILES string of the molecule is CCOC(=O)c1nc2ccccc2c(=O)n1-c1cc(Cl)ccc1OC. The predicted molar refractivity (Wildman–Crippen MR) is 94.9 cm³/mol. The van der Waals surface area contributed by atoms with Crippen molar-refractivity contribution in [2.75, 3.05) is 13.7 Å². The number of methoxy groups -OCH3 is 1. The molecule has 0 amide bonds. The summed E-state index contributed by atoms with van der Waals surface area (Å²) in [6.07, 6.45) is 0. The van der Waals surface area contributed by atoms with Gasteiger partial charge in [-0.3, -0.25) is 9.36 Å². The van der Waals surface area contributed by atoms with Crippen LogP contribution < -0.4 is 10.3 Å².